The van der Waals surface area contributed by atoms with Crippen LogP contribution in [0, 0.1) is 0 Å². The number of hydrogen-bond donors (Lipinski definition) is 2. The first kappa shape index (κ1) is 16.2. The molecule has 0 unspecified atom stereocenters. The van der Waals surface area contributed by atoms with Crippen molar-refractivity contribution in [1.29, 1.82) is 0 Å². The molecule has 0 saturated carbocycles. The summed E-state index contributed by atoms with van der Waals surface area (Å²) in [5.41, 5.74) is 2.10. The molecule has 5 nitrogen and oxygen atoms in total. The maximum absolute atomic E-state index is 11.8. The normalized spacial score (nSPS) is 10.6. The molecule has 0 aliphatic heterocycles. The minimum Gasteiger partial charge on any atom is -0.355 e. The molecule has 5 heteroatoms. The van der Waals surface area contributed by atoms with Crippen molar-refractivity contribution in [3.05, 3.63) is 48.3 Å². The van der Waals surface area contributed by atoms with Gasteiger partial charge in [0.2, 0.25) is 5.91 Å². The average molecular weight is 300 g/mol. The van der Waals surface area contributed by atoms with Gasteiger partial charge in [0, 0.05) is 25.7 Å². The van der Waals surface area contributed by atoms with Crippen LogP contribution in [0.2, 0.25) is 0 Å². The maximum Gasteiger partial charge on any atom is 0.220 e. The second-order valence-electron chi connectivity index (χ2n) is 5.23. The van der Waals surface area contributed by atoms with Crippen molar-refractivity contribution in [3.8, 4) is 5.69 Å². The third-order valence-electron chi connectivity index (χ3n) is 3.35. The smallest absolute Gasteiger partial charge is 0.220 e. The fraction of sp³-hybridized carbons (Fsp3) is 0.412. The summed E-state index contributed by atoms with van der Waals surface area (Å²) in [6.07, 6.45) is 6.11. The molecule has 22 heavy (non-hydrogen) atoms. The summed E-state index contributed by atoms with van der Waals surface area (Å²) >= 11 is 0. The standard InChI is InChI=1S/C17H24N4O/c1-2-10-18-11-12-19-17(22)9-8-15-13-20-21(14-15)16-6-4-3-5-7-16/h3-7,13-14,18H,2,8-12H2,1H3,(H,19,22). The van der Waals surface area contributed by atoms with Crippen LogP contribution in [0.1, 0.15) is 25.3 Å². The van der Waals surface area contributed by atoms with Crippen LogP contribution >= 0.6 is 0 Å². The molecule has 0 spiro atoms. The van der Waals surface area contributed by atoms with Gasteiger partial charge in [-0.15, -0.1) is 0 Å². The van der Waals surface area contributed by atoms with Gasteiger partial charge in [0.25, 0.3) is 0 Å². The van der Waals surface area contributed by atoms with Gasteiger partial charge in [0.05, 0.1) is 11.9 Å². The summed E-state index contributed by atoms with van der Waals surface area (Å²) in [7, 11) is 0. The van der Waals surface area contributed by atoms with E-state index in [1.165, 1.54) is 0 Å². The van der Waals surface area contributed by atoms with E-state index in [0.717, 1.165) is 30.8 Å². The van der Waals surface area contributed by atoms with Gasteiger partial charge in [-0.2, -0.15) is 5.10 Å². The molecule has 0 radical (unpaired) electrons. The van der Waals surface area contributed by atoms with Crippen LogP contribution in [0.3, 0.4) is 0 Å². The number of amides is 1. The molecule has 0 aliphatic carbocycles. The Labute approximate surface area is 131 Å². The van der Waals surface area contributed by atoms with Gasteiger partial charge < -0.3 is 10.6 Å². The molecular weight excluding hydrogens is 276 g/mol. The first-order valence-corrected chi connectivity index (χ1v) is 7.86. The zero-order valence-corrected chi connectivity index (χ0v) is 13.1. The molecule has 2 N–H and O–H groups in total. The van der Waals surface area contributed by atoms with Crippen LogP contribution in [-0.2, 0) is 11.2 Å². The summed E-state index contributed by atoms with van der Waals surface area (Å²) in [4.78, 5) is 11.8. The van der Waals surface area contributed by atoms with Crippen LogP contribution in [0.25, 0.3) is 5.69 Å². The molecule has 0 atom stereocenters. The lowest BCUT2D eigenvalue weighted by molar-refractivity contribution is -0.121. The molecule has 1 heterocycles. The van der Waals surface area contributed by atoms with Crippen molar-refractivity contribution >= 4 is 5.91 Å². The summed E-state index contributed by atoms with van der Waals surface area (Å²) < 4.78 is 1.84. The summed E-state index contributed by atoms with van der Waals surface area (Å²) in [5, 5.41) is 10.5. The van der Waals surface area contributed by atoms with Crippen LogP contribution in [0.15, 0.2) is 42.7 Å². The van der Waals surface area contributed by atoms with Crippen LogP contribution in [0.5, 0.6) is 0 Å². The largest absolute Gasteiger partial charge is 0.355 e. The fourth-order valence-electron chi connectivity index (χ4n) is 2.15. The van der Waals surface area contributed by atoms with Crippen molar-refractivity contribution in [2.24, 2.45) is 0 Å². The predicted octanol–water partition coefficient (Wildman–Crippen LogP) is 1.92. The van der Waals surface area contributed by atoms with Crippen molar-refractivity contribution < 1.29 is 4.79 Å². The van der Waals surface area contributed by atoms with Crippen molar-refractivity contribution in [2.45, 2.75) is 26.2 Å². The molecule has 2 rings (SSSR count). The topological polar surface area (TPSA) is 58.9 Å². The molecule has 1 aromatic carbocycles. The van der Waals surface area contributed by atoms with Crippen molar-refractivity contribution in [1.82, 2.24) is 20.4 Å². The Kier molecular flexibility index (Phi) is 6.64. The highest BCUT2D eigenvalue weighted by Crippen LogP contribution is 2.08. The summed E-state index contributed by atoms with van der Waals surface area (Å²) in [6, 6.07) is 9.96. The highest BCUT2D eigenvalue weighted by Gasteiger charge is 2.04. The Morgan fingerprint density at radius 1 is 1.18 bits per heavy atom. The number of nitrogens with one attached hydrogen (secondary N) is 2. The first-order valence-electron chi connectivity index (χ1n) is 7.86. The van der Waals surface area contributed by atoms with E-state index >= 15 is 0 Å². The Morgan fingerprint density at radius 3 is 2.77 bits per heavy atom. The van der Waals surface area contributed by atoms with Gasteiger partial charge in [-0.25, -0.2) is 4.68 Å². The number of benzene rings is 1. The molecule has 2 aromatic rings. The number of nitrogens with zero attached hydrogens (tertiary/aromatic N) is 2. The zero-order chi connectivity index (χ0) is 15.6. The molecular formula is C17H24N4O. The third-order valence-corrected chi connectivity index (χ3v) is 3.35. The monoisotopic (exact) mass is 300 g/mol. The van der Waals surface area contributed by atoms with E-state index in [9.17, 15) is 4.79 Å². The highest BCUT2D eigenvalue weighted by molar-refractivity contribution is 5.76. The van der Waals surface area contributed by atoms with Gasteiger partial charge >= 0.3 is 0 Å². The number of aryl methyl sites for hydroxylation is 1. The van der Waals surface area contributed by atoms with E-state index in [1.807, 2.05) is 47.4 Å². The van der Waals surface area contributed by atoms with Gasteiger partial charge in [0.1, 0.15) is 0 Å². The van der Waals surface area contributed by atoms with Gasteiger partial charge in [-0.1, -0.05) is 25.1 Å². The quantitative estimate of drug-likeness (QED) is 0.696. The fourth-order valence-corrected chi connectivity index (χ4v) is 2.15. The Balaban J connectivity index is 1.71. The molecule has 0 fully saturated rings. The SMILES string of the molecule is CCCNCCNC(=O)CCc1cnn(-c2ccccc2)c1. The second-order valence-corrected chi connectivity index (χ2v) is 5.23. The predicted molar refractivity (Wildman–Crippen MR) is 88.1 cm³/mol. The molecule has 1 amide bonds. The number of aromatic nitrogens is 2. The van der Waals surface area contributed by atoms with E-state index in [1.54, 1.807) is 0 Å². The summed E-state index contributed by atoms with van der Waals surface area (Å²) in [6.45, 7) is 4.63. The first-order chi connectivity index (χ1) is 10.8. The van der Waals surface area contributed by atoms with Crippen molar-refractivity contribution in [3.63, 3.8) is 0 Å². The van der Waals surface area contributed by atoms with Crippen LogP contribution in [0.4, 0.5) is 0 Å². The number of hydrogen-bond acceptors (Lipinski definition) is 3. The molecule has 0 aliphatic rings. The van der Waals surface area contributed by atoms with Crippen LogP contribution in [-0.4, -0.2) is 35.3 Å². The van der Waals surface area contributed by atoms with Crippen LogP contribution < -0.4 is 10.6 Å². The Hall–Kier alpha value is -2.14. The van der Waals surface area contributed by atoms with Gasteiger partial charge in [0.15, 0.2) is 0 Å². The lowest BCUT2D eigenvalue weighted by Gasteiger charge is -2.05. The lowest BCUT2D eigenvalue weighted by atomic mass is 10.2. The molecule has 118 valence electrons. The molecule has 1 aromatic heterocycles. The second kappa shape index (κ2) is 9.00. The van der Waals surface area contributed by atoms with E-state index < -0.39 is 0 Å². The minimum absolute atomic E-state index is 0.0887. The number of rotatable bonds is 9. The Bertz CT molecular complexity index is 565. The summed E-state index contributed by atoms with van der Waals surface area (Å²) in [5.74, 6) is 0.0887. The van der Waals surface area contributed by atoms with Gasteiger partial charge in [-0.05, 0) is 37.1 Å². The minimum atomic E-state index is 0.0887. The van der Waals surface area contributed by atoms with E-state index in [4.69, 9.17) is 0 Å². The number of para-hydroxylation sites is 1. The third kappa shape index (κ3) is 5.33. The van der Waals surface area contributed by atoms with Gasteiger partial charge in [-0.3, -0.25) is 4.79 Å². The average Bonchev–Trinajstić information content (AvgIpc) is 3.02. The number of carbonyl (C=O) groups is 1. The lowest BCUT2D eigenvalue weighted by Crippen LogP contribution is -2.32. The van der Waals surface area contributed by atoms with Crippen molar-refractivity contribution in [2.75, 3.05) is 19.6 Å². The van der Waals surface area contributed by atoms with E-state index in [-0.39, 0.29) is 5.91 Å². The Morgan fingerprint density at radius 2 is 2.00 bits per heavy atom. The van der Waals surface area contributed by atoms with E-state index in [2.05, 4.69) is 22.7 Å². The highest BCUT2D eigenvalue weighted by atomic mass is 16.1. The molecule has 0 bridgehead atoms. The van der Waals surface area contributed by atoms with E-state index in [0.29, 0.717) is 19.4 Å². The maximum atomic E-state index is 11.8. The molecule has 0 saturated heterocycles. The zero-order valence-electron chi connectivity index (χ0n) is 13.1. The number of carbonyl (C=O) groups excluding carboxylic acids is 1.